The molecular formula is C20H14ClN3O2. The van der Waals surface area contributed by atoms with Crippen molar-refractivity contribution in [3.63, 3.8) is 0 Å². The monoisotopic (exact) mass is 363 g/mol. The predicted molar refractivity (Wildman–Crippen MR) is 99.9 cm³/mol. The van der Waals surface area contributed by atoms with E-state index in [0.717, 1.165) is 10.9 Å². The summed E-state index contributed by atoms with van der Waals surface area (Å²) in [5, 5.41) is 10.9. The van der Waals surface area contributed by atoms with Gasteiger partial charge in [-0.3, -0.25) is 4.79 Å². The number of aryl methyl sites for hydroxylation is 1. The predicted octanol–water partition coefficient (Wildman–Crippen LogP) is 3.41. The van der Waals surface area contributed by atoms with E-state index in [-0.39, 0.29) is 17.0 Å². The molecule has 0 fully saturated rings. The smallest absolute Gasteiger partial charge is 0.258 e. The number of fused-ring (bicyclic) bond motifs is 3. The number of benzene rings is 2. The van der Waals surface area contributed by atoms with Crippen LogP contribution in [0.3, 0.4) is 0 Å². The Morgan fingerprint density at radius 3 is 2.62 bits per heavy atom. The first-order chi connectivity index (χ1) is 12.5. The van der Waals surface area contributed by atoms with Crippen LogP contribution in [0.25, 0.3) is 10.9 Å². The Kier molecular flexibility index (Phi) is 3.71. The second-order valence-corrected chi connectivity index (χ2v) is 6.48. The van der Waals surface area contributed by atoms with E-state index in [2.05, 4.69) is 6.07 Å². The summed E-state index contributed by atoms with van der Waals surface area (Å²) in [5.41, 5.74) is 7.71. The van der Waals surface area contributed by atoms with Crippen molar-refractivity contribution < 1.29 is 4.74 Å². The number of hydrogen-bond acceptors (Lipinski definition) is 4. The van der Waals surface area contributed by atoms with Crippen LogP contribution in [-0.2, 0) is 7.05 Å². The third-order valence-electron chi connectivity index (χ3n) is 4.68. The van der Waals surface area contributed by atoms with Gasteiger partial charge in [0.15, 0.2) is 0 Å². The molecule has 26 heavy (non-hydrogen) atoms. The van der Waals surface area contributed by atoms with E-state index in [0.29, 0.717) is 21.9 Å². The fourth-order valence-electron chi connectivity index (χ4n) is 3.45. The summed E-state index contributed by atoms with van der Waals surface area (Å²) in [6, 6.07) is 16.6. The van der Waals surface area contributed by atoms with E-state index >= 15 is 0 Å². The maximum atomic E-state index is 13.2. The van der Waals surface area contributed by atoms with Gasteiger partial charge in [0.05, 0.1) is 17.0 Å². The quantitative estimate of drug-likeness (QED) is 0.718. The zero-order chi connectivity index (χ0) is 18.4. The van der Waals surface area contributed by atoms with Crippen LogP contribution in [0, 0.1) is 11.3 Å². The van der Waals surface area contributed by atoms with Crippen LogP contribution in [0.5, 0.6) is 5.75 Å². The topological polar surface area (TPSA) is 81.0 Å². The number of pyridine rings is 1. The molecule has 2 N–H and O–H groups in total. The molecule has 0 radical (unpaired) electrons. The fourth-order valence-corrected chi connectivity index (χ4v) is 3.69. The van der Waals surface area contributed by atoms with Crippen LogP contribution < -0.4 is 16.0 Å². The third-order valence-corrected chi connectivity index (χ3v) is 5.03. The number of halogens is 1. The SMILES string of the molecule is Cn1c(=O)c2c(c3ccccc31)OC(N)=C(C#N)C2c1ccccc1Cl. The number of para-hydroxylation sites is 1. The van der Waals surface area contributed by atoms with Crippen molar-refractivity contribution in [1.82, 2.24) is 4.57 Å². The lowest BCUT2D eigenvalue weighted by Crippen LogP contribution is -2.31. The summed E-state index contributed by atoms with van der Waals surface area (Å²) in [7, 11) is 1.70. The molecule has 0 saturated carbocycles. The molecule has 3 aromatic rings. The molecule has 0 saturated heterocycles. The highest BCUT2D eigenvalue weighted by Crippen LogP contribution is 2.44. The lowest BCUT2D eigenvalue weighted by atomic mass is 9.83. The Balaban J connectivity index is 2.16. The van der Waals surface area contributed by atoms with Gasteiger partial charge in [-0.2, -0.15) is 5.26 Å². The molecule has 4 rings (SSSR count). The number of rotatable bonds is 1. The maximum absolute atomic E-state index is 13.2. The Labute approximate surface area is 154 Å². The molecule has 128 valence electrons. The van der Waals surface area contributed by atoms with Crippen molar-refractivity contribution >= 4 is 22.5 Å². The Morgan fingerprint density at radius 2 is 1.88 bits per heavy atom. The normalized spacial score (nSPS) is 16.1. The third kappa shape index (κ3) is 2.20. The minimum absolute atomic E-state index is 0.0108. The second-order valence-electron chi connectivity index (χ2n) is 6.07. The summed E-state index contributed by atoms with van der Waals surface area (Å²) in [6.07, 6.45) is 0. The summed E-state index contributed by atoms with van der Waals surface area (Å²) in [4.78, 5) is 13.2. The molecule has 1 aliphatic heterocycles. The number of nitrogens with zero attached hydrogens (tertiary/aromatic N) is 2. The number of allylic oxidation sites excluding steroid dienone is 1. The number of aromatic nitrogens is 1. The molecule has 2 heterocycles. The van der Waals surface area contributed by atoms with Crippen molar-refractivity contribution in [2.24, 2.45) is 12.8 Å². The molecule has 1 unspecified atom stereocenters. The highest BCUT2D eigenvalue weighted by molar-refractivity contribution is 6.31. The van der Waals surface area contributed by atoms with Crippen LogP contribution in [-0.4, -0.2) is 4.57 Å². The molecule has 0 bridgehead atoms. The van der Waals surface area contributed by atoms with Crippen LogP contribution >= 0.6 is 11.6 Å². The van der Waals surface area contributed by atoms with E-state index in [1.165, 1.54) is 0 Å². The van der Waals surface area contributed by atoms with Crippen molar-refractivity contribution in [3.05, 3.63) is 86.5 Å². The highest BCUT2D eigenvalue weighted by atomic mass is 35.5. The molecule has 0 amide bonds. The molecule has 5 nitrogen and oxygen atoms in total. The van der Waals surface area contributed by atoms with Gasteiger partial charge in [0.1, 0.15) is 17.4 Å². The average Bonchev–Trinajstić information content (AvgIpc) is 2.65. The van der Waals surface area contributed by atoms with E-state index in [9.17, 15) is 10.1 Å². The van der Waals surface area contributed by atoms with E-state index in [4.69, 9.17) is 22.1 Å². The van der Waals surface area contributed by atoms with Crippen LogP contribution in [0.1, 0.15) is 17.0 Å². The number of hydrogen-bond donors (Lipinski definition) is 1. The van der Waals surface area contributed by atoms with Gasteiger partial charge >= 0.3 is 0 Å². The van der Waals surface area contributed by atoms with Crippen molar-refractivity contribution in [1.29, 1.82) is 5.26 Å². The van der Waals surface area contributed by atoms with E-state index in [1.807, 2.05) is 30.3 Å². The van der Waals surface area contributed by atoms with Gasteiger partial charge in [0, 0.05) is 17.5 Å². The molecule has 1 atom stereocenters. The summed E-state index contributed by atoms with van der Waals surface area (Å²) >= 11 is 6.38. The van der Waals surface area contributed by atoms with E-state index < -0.39 is 5.92 Å². The minimum atomic E-state index is -0.680. The van der Waals surface area contributed by atoms with Gasteiger partial charge in [0.25, 0.3) is 5.56 Å². The van der Waals surface area contributed by atoms with Crippen LogP contribution in [0.15, 0.2) is 64.8 Å². The maximum Gasteiger partial charge on any atom is 0.258 e. The van der Waals surface area contributed by atoms with Crippen molar-refractivity contribution in [3.8, 4) is 11.8 Å². The fraction of sp³-hybridized carbons (Fsp3) is 0.100. The zero-order valence-electron chi connectivity index (χ0n) is 13.9. The van der Waals surface area contributed by atoms with Crippen molar-refractivity contribution in [2.75, 3.05) is 0 Å². The molecule has 6 heteroatoms. The summed E-state index contributed by atoms with van der Waals surface area (Å²) < 4.78 is 7.31. The van der Waals surface area contributed by atoms with Gasteiger partial charge in [-0.15, -0.1) is 0 Å². The first-order valence-electron chi connectivity index (χ1n) is 7.98. The molecule has 0 spiro atoms. The van der Waals surface area contributed by atoms with Gasteiger partial charge in [-0.05, 0) is 23.8 Å². The molecule has 2 aromatic carbocycles. The largest absolute Gasteiger partial charge is 0.439 e. The average molecular weight is 364 g/mol. The lowest BCUT2D eigenvalue weighted by molar-refractivity contribution is 0.396. The van der Waals surface area contributed by atoms with Crippen LogP contribution in [0.2, 0.25) is 5.02 Å². The minimum Gasteiger partial charge on any atom is -0.439 e. The molecule has 1 aromatic heterocycles. The first kappa shape index (κ1) is 16.2. The Hall–Kier alpha value is -3.23. The number of nitrogens with two attached hydrogens (primary N) is 1. The summed E-state index contributed by atoms with van der Waals surface area (Å²) in [6.45, 7) is 0. The van der Waals surface area contributed by atoms with E-state index in [1.54, 1.807) is 29.8 Å². The first-order valence-corrected chi connectivity index (χ1v) is 8.36. The number of ether oxygens (including phenoxy) is 1. The second kappa shape index (κ2) is 5.94. The lowest BCUT2D eigenvalue weighted by Gasteiger charge is -2.28. The van der Waals surface area contributed by atoms with Crippen LogP contribution in [0.4, 0.5) is 0 Å². The highest BCUT2D eigenvalue weighted by Gasteiger charge is 2.36. The summed E-state index contributed by atoms with van der Waals surface area (Å²) in [5.74, 6) is -0.311. The molecular weight excluding hydrogens is 350 g/mol. The van der Waals surface area contributed by atoms with Gasteiger partial charge in [-0.1, -0.05) is 41.9 Å². The van der Waals surface area contributed by atoms with Gasteiger partial charge in [-0.25, -0.2) is 0 Å². The Morgan fingerprint density at radius 1 is 1.19 bits per heavy atom. The Bertz CT molecular complexity index is 1190. The number of nitriles is 1. The molecule has 0 aliphatic carbocycles. The van der Waals surface area contributed by atoms with Gasteiger partial charge in [0.2, 0.25) is 5.88 Å². The van der Waals surface area contributed by atoms with Crippen molar-refractivity contribution in [2.45, 2.75) is 5.92 Å². The van der Waals surface area contributed by atoms with Gasteiger partial charge < -0.3 is 15.0 Å². The standard InChI is InChI=1S/C20H14ClN3O2/c1-24-15-9-5-3-7-12(15)18-17(20(24)25)16(13(10-22)19(23)26-18)11-6-2-4-8-14(11)21/h2-9,16H,23H2,1H3. The zero-order valence-corrected chi connectivity index (χ0v) is 14.6. The molecule has 1 aliphatic rings.